The second kappa shape index (κ2) is 7.76. The Bertz CT molecular complexity index is 911. The van der Waals surface area contributed by atoms with Crippen molar-refractivity contribution in [2.24, 2.45) is 0 Å². The van der Waals surface area contributed by atoms with Crippen molar-refractivity contribution in [3.63, 3.8) is 0 Å². The molecule has 7 heteroatoms. The van der Waals surface area contributed by atoms with E-state index in [1.165, 1.54) is 22.3 Å². The second-order valence-corrected chi connectivity index (χ2v) is 7.52. The van der Waals surface area contributed by atoms with Crippen LogP contribution in [0.15, 0.2) is 33.9 Å². The molecule has 2 aromatic rings. The monoisotopic (exact) mass is 372 g/mol. The molecule has 27 heavy (non-hydrogen) atoms. The number of aryl methyl sites for hydroxylation is 1. The maximum absolute atomic E-state index is 13.1. The van der Waals surface area contributed by atoms with E-state index in [2.05, 4.69) is 9.88 Å². The third kappa shape index (κ3) is 3.88. The molecule has 1 aromatic heterocycles. The van der Waals surface area contributed by atoms with Crippen LogP contribution in [0.3, 0.4) is 0 Å². The number of benzene rings is 1. The summed E-state index contributed by atoms with van der Waals surface area (Å²) < 4.78 is 16.0. The number of piperidine rings is 1. The summed E-state index contributed by atoms with van der Waals surface area (Å²) in [7, 11) is 0. The topological polar surface area (TPSA) is 60.1 Å². The van der Waals surface area contributed by atoms with Gasteiger partial charge in [0.05, 0.1) is 0 Å². The highest BCUT2D eigenvalue weighted by molar-refractivity contribution is 5.21. The first-order valence-corrected chi connectivity index (χ1v) is 9.80. The van der Waals surface area contributed by atoms with Crippen LogP contribution in [0.5, 0.6) is 0 Å². The molecule has 0 amide bonds. The van der Waals surface area contributed by atoms with Gasteiger partial charge in [-0.3, -0.25) is 4.57 Å². The Morgan fingerprint density at radius 1 is 1.00 bits per heavy atom. The standard InChI is InChI=1S/C20H25FN4O2/c21-17-6-4-15(5-7-17)16-8-11-23(12-9-16)13-14-25-19(26)22-18-3-1-2-10-24(18)20(25)27/h4-7,16H,1-3,8-14H2. The van der Waals surface area contributed by atoms with Crippen molar-refractivity contribution in [3.8, 4) is 0 Å². The molecule has 2 aliphatic rings. The van der Waals surface area contributed by atoms with Crippen LogP contribution >= 0.6 is 0 Å². The van der Waals surface area contributed by atoms with E-state index in [-0.39, 0.29) is 11.5 Å². The smallest absolute Gasteiger partial charge is 0.302 e. The van der Waals surface area contributed by atoms with Crippen LogP contribution in [0, 0.1) is 5.82 Å². The minimum absolute atomic E-state index is 0.202. The number of nitrogens with zero attached hydrogens (tertiary/aromatic N) is 4. The lowest BCUT2D eigenvalue weighted by atomic mass is 9.89. The maximum Gasteiger partial charge on any atom is 0.353 e. The molecule has 0 aliphatic carbocycles. The van der Waals surface area contributed by atoms with Crippen LogP contribution in [-0.2, 0) is 19.5 Å². The fraction of sp³-hybridized carbons (Fsp3) is 0.550. The van der Waals surface area contributed by atoms with Crippen LogP contribution < -0.4 is 11.4 Å². The van der Waals surface area contributed by atoms with Crippen LogP contribution in [0.2, 0.25) is 0 Å². The van der Waals surface area contributed by atoms with E-state index in [0.717, 1.165) is 38.8 Å². The van der Waals surface area contributed by atoms with E-state index in [1.807, 2.05) is 12.1 Å². The summed E-state index contributed by atoms with van der Waals surface area (Å²) in [5, 5.41) is 0. The Morgan fingerprint density at radius 2 is 1.74 bits per heavy atom. The molecule has 3 heterocycles. The van der Waals surface area contributed by atoms with Gasteiger partial charge in [0.15, 0.2) is 0 Å². The second-order valence-electron chi connectivity index (χ2n) is 7.52. The molecule has 6 nitrogen and oxygen atoms in total. The molecule has 0 N–H and O–H groups in total. The molecule has 0 bridgehead atoms. The van der Waals surface area contributed by atoms with E-state index < -0.39 is 5.69 Å². The minimum atomic E-state index is -0.422. The van der Waals surface area contributed by atoms with Crippen molar-refractivity contribution in [2.45, 2.75) is 51.1 Å². The number of hydrogen-bond donors (Lipinski definition) is 0. The minimum Gasteiger partial charge on any atom is -0.302 e. The number of aromatic nitrogens is 3. The van der Waals surface area contributed by atoms with Gasteiger partial charge in [-0.1, -0.05) is 12.1 Å². The molecular weight excluding hydrogens is 347 g/mol. The van der Waals surface area contributed by atoms with E-state index in [9.17, 15) is 14.0 Å². The average molecular weight is 372 g/mol. The summed E-state index contributed by atoms with van der Waals surface area (Å²) >= 11 is 0. The Labute approximate surface area is 157 Å². The molecule has 2 aliphatic heterocycles. The molecule has 1 aromatic carbocycles. The van der Waals surface area contributed by atoms with Gasteiger partial charge in [0, 0.05) is 26.1 Å². The first-order chi connectivity index (χ1) is 13.1. The molecular formula is C20H25FN4O2. The third-order valence-electron chi connectivity index (χ3n) is 5.83. The molecule has 0 radical (unpaired) electrons. The molecule has 4 rings (SSSR count). The largest absolute Gasteiger partial charge is 0.353 e. The Kier molecular flexibility index (Phi) is 5.20. The normalized spacial score (nSPS) is 18.4. The molecule has 144 valence electrons. The predicted octanol–water partition coefficient (Wildman–Crippen LogP) is 1.76. The Balaban J connectivity index is 1.37. The van der Waals surface area contributed by atoms with Crippen molar-refractivity contribution in [3.05, 3.63) is 62.4 Å². The molecule has 0 unspecified atom stereocenters. The van der Waals surface area contributed by atoms with E-state index in [0.29, 0.717) is 37.8 Å². The average Bonchev–Trinajstić information content (AvgIpc) is 2.69. The van der Waals surface area contributed by atoms with Gasteiger partial charge in [0.25, 0.3) is 0 Å². The van der Waals surface area contributed by atoms with Crippen LogP contribution in [0.4, 0.5) is 4.39 Å². The number of hydrogen-bond acceptors (Lipinski definition) is 4. The van der Waals surface area contributed by atoms with Crippen molar-refractivity contribution in [1.82, 2.24) is 19.0 Å². The summed E-state index contributed by atoms with van der Waals surface area (Å²) in [6.07, 6.45) is 4.66. The van der Waals surface area contributed by atoms with Gasteiger partial charge in [-0.2, -0.15) is 4.98 Å². The fourth-order valence-corrected chi connectivity index (χ4v) is 4.20. The highest BCUT2D eigenvalue weighted by atomic mass is 19.1. The third-order valence-corrected chi connectivity index (χ3v) is 5.83. The number of fused-ring (bicyclic) bond motifs is 1. The first kappa shape index (κ1) is 18.1. The molecule has 0 saturated carbocycles. The lowest BCUT2D eigenvalue weighted by Gasteiger charge is -2.32. The van der Waals surface area contributed by atoms with Crippen molar-refractivity contribution in [1.29, 1.82) is 0 Å². The molecule has 1 fully saturated rings. The van der Waals surface area contributed by atoms with Crippen LogP contribution in [-0.4, -0.2) is 38.7 Å². The van der Waals surface area contributed by atoms with E-state index in [1.54, 1.807) is 4.57 Å². The lowest BCUT2D eigenvalue weighted by molar-refractivity contribution is 0.202. The number of rotatable bonds is 4. The summed E-state index contributed by atoms with van der Waals surface area (Å²) in [5.74, 6) is 0.875. The van der Waals surface area contributed by atoms with Crippen LogP contribution in [0.25, 0.3) is 0 Å². The van der Waals surface area contributed by atoms with Gasteiger partial charge in [-0.05, 0) is 62.4 Å². The van der Waals surface area contributed by atoms with Gasteiger partial charge in [0.1, 0.15) is 11.6 Å². The Hall–Kier alpha value is -2.28. The zero-order valence-corrected chi connectivity index (χ0v) is 15.4. The first-order valence-electron chi connectivity index (χ1n) is 9.80. The summed E-state index contributed by atoms with van der Waals surface area (Å²) in [5.41, 5.74) is 0.546. The Morgan fingerprint density at radius 3 is 2.48 bits per heavy atom. The van der Waals surface area contributed by atoms with Gasteiger partial charge < -0.3 is 4.90 Å². The molecule has 0 spiro atoms. The zero-order valence-electron chi connectivity index (χ0n) is 15.4. The van der Waals surface area contributed by atoms with Crippen molar-refractivity contribution < 1.29 is 4.39 Å². The maximum atomic E-state index is 13.1. The lowest BCUT2D eigenvalue weighted by Crippen LogP contribution is -2.46. The summed E-state index contributed by atoms with van der Waals surface area (Å²) in [6, 6.07) is 6.78. The molecule has 1 saturated heterocycles. The SMILES string of the molecule is O=c1nc2n(c(=O)n1CCN1CCC(c3ccc(F)cc3)CC1)CCCC2. The zero-order chi connectivity index (χ0) is 18.8. The number of halogens is 1. The summed E-state index contributed by atoms with van der Waals surface area (Å²) in [4.78, 5) is 31.3. The predicted molar refractivity (Wildman–Crippen MR) is 101 cm³/mol. The van der Waals surface area contributed by atoms with Crippen molar-refractivity contribution >= 4 is 0 Å². The van der Waals surface area contributed by atoms with Crippen molar-refractivity contribution in [2.75, 3.05) is 19.6 Å². The quantitative estimate of drug-likeness (QED) is 0.821. The number of likely N-dealkylation sites (tertiary alicyclic amines) is 1. The summed E-state index contributed by atoms with van der Waals surface area (Å²) in [6.45, 7) is 3.54. The van der Waals surface area contributed by atoms with E-state index in [4.69, 9.17) is 0 Å². The van der Waals surface area contributed by atoms with E-state index >= 15 is 0 Å². The molecule has 0 atom stereocenters. The van der Waals surface area contributed by atoms with Gasteiger partial charge in [0.2, 0.25) is 0 Å². The fourth-order valence-electron chi connectivity index (χ4n) is 4.20. The van der Waals surface area contributed by atoms with Gasteiger partial charge in [-0.25, -0.2) is 18.5 Å². The van der Waals surface area contributed by atoms with Gasteiger partial charge in [-0.15, -0.1) is 0 Å². The highest BCUT2D eigenvalue weighted by Gasteiger charge is 2.21. The van der Waals surface area contributed by atoms with Crippen LogP contribution in [0.1, 0.15) is 43.0 Å². The highest BCUT2D eigenvalue weighted by Crippen LogP contribution is 2.27. The van der Waals surface area contributed by atoms with Gasteiger partial charge >= 0.3 is 11.4 Å².